The molecule has 1 aromatic rings. The zero-order valence-electron chi connectivity index (χ0n) is 12.8. The van der Waals surface area contributed by atoms with Gasteiger partial charge in [0.1, 0.15) is 0 Å². The highest BCUT2D eigenvalue weighted by Gasteiger charge is 2.34. The summed E-state index contributed by atoms with van der Waals surface area (Å²) < 4.78 is 10.2. The highest BCUT2D eigenvalue weighted by molar-refractivity contribution is 5.84. The van der Waals surface area contributed by atoms with E-state index in [2.05, 4.69) is 5.32 Å². The fourth-order valence-electron chi connectivity index (χ4n) is 1.95. The number of amides is 1. The molecule has 2 unspecified atom stereocenters. The van der Waals surface area contributed by atoms with Crippen molar-refractivity contribution >= 4 is 23.5 Å². The molecule has 120 valence electrons. The Labute approximate surface area is 128 Å². The van der Waals surface area contributed by atoms with Gasteiger partial charge in [-0.1, -0.05) is 12.1 Å². The van der Waals surface area contributed by atoms with Crippen LogP contribution in [0.5, 0.6) is 0 Å². The van der Waals surface area contributed by atoms with Crippen LogP contribution in [0, 0.1) is 0 Å². The number of nitrogens with two attached hydrogens (primary N) is 1. The smallest absolute Gasteiger partial charge is 0.332 e. The van der Waals surface area contributed by atoms with Crippen LogP contribution in [0.3, 0.4) is 0 Å². The Morgan fingerprint density at radius 1 is 1.27 bits per heavy atom. The molecule has 0 saturated carbocycles. The highest BCUT2D eigenvalue weighted by Crippen LogP contribution is 2.24. The number of carbonyl (C=O) groups is 3. The lowest BCUT2D eigenvalue weighted by Crippen LogP contribution is -2.46. The number of anilines is 1. The maximum absolute atomic E-state index is 12.1. The SMILES string of the molecule is CCOC(=O)C(NC(C)=O)C(OC(C)=O)c1cccc(N)c1. The van der Waals surface area contributed by atoms with Crippen molar-refractivity contribution in [3.05, 3.63) is 29.8 Å². The van der Waals surface area contributed by atoms with Crippen LogP contribution in [0.25, 0.3) is 0 Å². The lowest BCUT2D eigenvalue weighted by atomic mass is 10.0. The molecule has 7 heteroatoms. The minimum absolute atomic E-state index is 0.138. The molecule has 0 heterocycles. The summed E-state index contributed by atoms with van der Waals surface area (Å²) in [6.45, 7) is 4.26. The number of ether oxygens (including phenoxy) is 2. The summed E-state index contributed by atoms with van der Waals surface area (Å²) in [6, 6.07) is 5.39. The number of rotatable bonds is 6. The standard InChI is InChI=1S/C15H20N2O5/c1-4-21-15(20)13(17-9(2)18)14(22-10(3)19)11-6-5-7-12(16)8-11/h5-8,13-14H,4,16H2,1-3H3,(H,17,18). The Morgan fingerprint density at radius 3 is 2.45 bits per heavy atom. The van der Waals surface area contributed by atoms with Crippen molar-refractivity contribution in [3.63, 3.8) is 0 Å². The molecular formula is C15H20N2O5. The predicted molar refractivity (Wildman–Crippen MR) is 79.6 cm³/mol. The largest absolute Gasteiger partial charge is 0.464 e. The molecule has 3 N–H and O–H groups in total. The van der Waals surface area contributed by atoms with Crippen molar-refractivity contribution in [2.45, 2.75) is 32.9 Å². The number of nitrogens with one attached hydrogen (secondary N) is 1. The Hall–Kier alpha value is -2.57. The van der Waals surface area contributed by atoms with Gasteiger partial charge in [-0.15, -0.1) is 0 Å². The van der Waals surface area contributed by atoms with Gasteiger partial charge in [-0.25, -0.2) is 4.79 Å². The Balaban J connectivity index is 3.21. The first-order chi connectivity index (χ1) is 10.3. The average molecular weight is 308 g/mol. The van der Waals surface area contributed by atoms with Gasteiger partial charge in [0.15, 0.2) is 12.1 Å². The van der Waals surface area contributed by atoms with E-state index in [9.17, 15) is 14.4 Å². The number of benzene rings is 1. The molecule has 1 rings (SSSR count). The first-order valence-electron chi connectivity index (χ1n) is 6.81. The van der Waals surface area contributed by atoms with E-state index < -0.39 is 30.0 Å². The second-order valence-electron chi connectivity index (χ2n) is 4.63. The van der Waals surface area contributed by atoms with E-state index in [1.807, 2.05) is 0 Å². The molecule has 2 atom stereocenters. The summed E-state index contributed by atoms with van der Waals surface area (Å²) in [5, 5.41) is 2.46. The van der Waals surface area contributed by atoms with Crippen molar-refractivity contribution < 1.29 is 23.9 Å². The van der Waals surface area contributed by atoms with Crippen LogP contribution in [0.1, 0.15) is 32.4 Å². The van der Waals surface area contributed by atoms with E-state index in [-0.39, 0.29) is 6.61 Å². The molecule has 0 saturated heterocycles. The molecule has 0 fully saturated rings. The van der Waals surface area contributed by atoms with E-state index in [1.54, 1.807) is 31.2 Å². The van der Waals surface area contributed by atoms with Crippen LogP contribution in [0.4, 0.5) is 5.69 Å². The van der Waals surface area contributed by atoms with E-state index >= 15 is 0 Å². The van der Waals surface area contributed by atoms with Crippen molar-refractivity contribution in [1.29, 1.82) is 0 Å². The third-order valence-corrected chi connectivity index (χ3v) is 2.73. The van der Waals surface area contributed by atoms with Crippen molar-refractivity contribution in [2.24, 2.45) is 0 Å². The molecule has 0 aliphatic carbocycles. The molecule has 0 bridgehead atoms. The van der Waals surface area contributed by atoms with Crippen LogP contribution < -0.4 is 11.1 Å². The number of hydrogen-bond donors (Lipinski definition) is 2. The minimum Gasteiger partial charge on any atom is -0.464 e. The number of hydrogen-bond acceptors (Lipinski definition) is 6. The van der Waals surface area contributed by atoms with Crippen LogP contribution in [0.2, 0.25) is 0 Å². The van der Waals surface area contributed by atoms with Crippen LogP contribution >= 0.6 is 0 Å². The quantitative estimate of drug-likeness (QED) is 0.598. The van der Waals surface area contributed by atoms with E-state index in [4.69, 9.17) is 15.2 Å². The molecule has 0 radical (unpaired) electrons. The first kappa shape index (κ1) is 17.5. The molecule has 7 nitrogen and oxygen atoms in total. The van der Waals surface area contributed by atoms with Gasteiger partial charge >= 0.3 is 11.9 Å². The van der Waals surface area contributed by atoms with Crippen molar-refractivity contribution in [2.75, 3.05) is 12.3 Å². The van der Waals surface area contributed by atoms with Crippen molar-refractivity contribution in [1.82, 2.24) is 5.32 Å². The lowest BCUT2D eigenvalue weighted by molar-refractivity contribution is -0.159. The summed E-state index contributed by atoms with van der Waals surface area (Å²) in [6.07, 6.45) is -1.02. The molecule has 22 heavy (non-hydrogen) atoms. The maximum atomic E-state index is 12.1. The van der Waals surface area contributed by atoms with Gasteiger partial charge in [-0.2, -0.15) is 0 Å². The number of esters is 2. The van der Waals surface area contributed by atoms with Gasteiger partial charge in [-0.3, -0.25) is 9.59 Å². The predicted octanol–water partition coefficient (Wildman–Crippen LogP) is 0.941. The molecule has 0 spiro atoms. The zero-order valence-corrected chi connectivity index (χ0v) is 12.8. The summed E-state index contributed by atoms with van der Waals surface area (Å²) in [4.78, 5) is 34.8. The van der Waals surface area contributed by atoms with Gasteiger partial charge in [0, 0.05) is 19.5 Å². The van der Waals surface area contributed by atoms with Gasteiger partial charge in [0.25, 0.3) is 0 Å². The first-order valence-corrected chi connectivity index (χ1v) is 6.81. The highest BCUT2D eigenvalue weighted by atomic mass is 16.6. The third-order valence-electron chi connectivity index (χ3n) is 2.73. The molecule has 0 aliphatic rings. The average Bonchev–Trinajstić information content (AvgIpc) is 2.42. The van der Waals surface area contributed by atoms with Crippen LogP contribution in [-0.2, 0) is 23.9 Å². The van der Waals surface area contributed by atoms with E-state index in [0.717, 1.165) is 0 Å². The minimum atomic E-state index is -1.15. The second-order valence-corrected chi connectivity index (χ2v) is 4.63. The van der Waals surface area contributed by atoms with Crippen LogP contribution in [0.15, 0.2) is 24.3 Å². The molecular weight excluding hydrogens is 288 g/mol. The summed E-state index contributed by atoms with van der Waals surface area (Å²) in [5.74, 6) is -1.72. The zero-order chi connectivity index (χ0) is 16.7. The van der Waals surface area contributed by atoms with E-state index in [1.165, 1.54) is 13.8 Å². The van der Waals surface area contributed by atoms with Gasteiger partial charge in [0.05, 0.1) is 6.61 Å². The topological polar surface area (TPSA) is 108 Å². The summed E-state index contributed by atoms with van der Waals surface area (Å²) in [5.41, 5.74) is 6.65. The molecule has 0 aliphatic heterocycles. The van der Waals surface area contributed by atoms with E-state index in [0.29, 0.717) is 11.3 Å². The molecule has 0 aromatic heterocycles. The fraction of sp³-hybridized carbons (Fsp3) is 0.400. The second kappa shape index (κ2) is 8.02. The molecule has 1 amide bonds. The van der Waals surface area contributed by atoms with Gasteiger partial charge < -0.3 is 20.5 Å². The number of nitrogen functional groups attached to an aromatic ring is 1. The number of carbonyl (C=O) groups excluding carboxylic acids is 3. The normalized spacial score (nSPS) is 12.9. The van der Waals surface area contributed by atoms with Crippen LogP contribution in [-0.4, -0.2) is 30.5 Å². The van der Waals surface area contributed by atoms with Gasteiger partial charge in [-0.05, 0) is 24.6 Å². The summed E-state index contributed by atoms with van der Waals surface area (Å²) >= 11 is 0. The third kappa shape index (κ3) is 5.08. The summed E-state index contributed by atoms with van der Waals surface area (Å²) in [7, 11) is 0. The lowest BCUT2D eigenvalue weighted by Gasteiger charge is -2.26. The Bertz CT molecular complexity index is 559. The van der Waals surface area contributed by atoms with Gasteiger partial charge in [0.2, 0.25) is 5.91 Å². The Morgan fingerprint density at radius 2 is 1.95 bits per heavy atom. The monoisotopic (exact) mass is 308 g/mol. The molecule has 1 aromatic carbocycles. The maximum Gasteiger partial charge on any atom is 0.332 e. The van der Waals surface area contributed by atoms with Crippen molar-refractivity contribution in [3.8, 4) is 0 Å². The fourth-order valence-corrected chi connectivity index (χ4v) is 1.95. The Kier molecular flexibility index (Phi) is 6.37.